The summed E-state index contributed by atoms with van der Waals surface area (Å²) in [6.45, 7) is 9.94. The van der Waals surface area contributed by atoms with Gasteiger partial charge in [0.15, 0.2) is 0 Å². The van der Waals surface area contributed by atoms with E-state index in [9.17, 15) is 0 Å². The molecule has 1 aliphatic rings. The van der Waals surface area contributed by atoms with Crippen molar-refractivity contribution in [3.05, 3.63) is 11.4 Å². The normalized spacial score (nSPS) is 21.4. The van der Waals surface area contributed by atoms with Crippen molar-refractivity contribution in [2.24, 2.45) is 0 Å². The Morgan fingerprint density at radius 2 is 1.85 bits per heavy atom. The second-order valence-corrected chi connectivity index (χ2v) is 5.41. The van der Waals surface area contributed by atoms with E-state index in [4.69, 9.17) is 4.74 Å². The van der Waals surface area contributed by atoms with E-state index in [0.29, 0.717) is 12.1 Å². The lowest BCUT2D eigenvalue weighted by Crippen LogP contribution is -2.41. The van der Waals surface area contributed by atoms with Crippen molar-refractivity contribution in [1.82, 2.24) is 9.97 Å². The molecule has 0 bridgehead atoms. The van der Waals surface area contributed by atoms with E-state index >= 15 is 0 Å². The minimum absolute atomic E-state index is 0.415. The summed E-state index contributed by atoms with van der Waals surface area (Å²) in [7, 11) is 0. The largest absolute Gasteiger partial charge is 0.378 e. The first-order chi connectivity index (χ1) is 9.63. The molecule has 0 aliphatic heterocycles. The third-order valence-electron chi connectivity index (χ3n) is 3.64. The first-order valence-electron chi connectivity index (χ1n) is 7.61. The van der Waals surface area contributed by atoms with E-state index < -0.39 is 0 Å². The van der Waals surface area contributed by atoms with Gasteiger partial charge >= 0.3 is 0 Å². The molecule has 1 aromatic heterocycles. The third kappa shape index (κ3) is 3.60. The molecule has 0 saturated heterocycles. The fourth-order valence-corrected chi connectivity index (χ4v) is 2.43. The molecule has 20 heavy (non-hydrogen) atoms. The fourth-order valence-electron chi connectivity index (χ4n) is 2.43. The maximum atomic E-state index is 5.59. The van der Waals surface area contributed by atoms with Gasteiger partial charge in [-0.05, 0) is 40.0 Å². The van der Waals surface area contributed by atoms with Crippen molar-refractivity contribution in [2.45, 2.75) is 59.1 Å². The van der Waals surface area contributed by atoms with E-state index in [1.165, 1.54) is 0 Å². The number of ether oxygens (including phenoxy) is 1. The number of rotatable bonds is 7. The number of anilines is 2. The van der Waals surface area contributed by atoms with Gasteiger partial charge in [-0.3, -0.25) is 0 Å². The molecule has 0 unspecified atom stereocenters. The van der Waals surface area contributed by atoms with Gasteiger partial charge in [0.25, 0.3) is 0 Å². The summed E-state index contributed by atoms with van der Waals surface area (Å²) < 4.78 is 5.59. The second kappa shape index (κ2) is 6.88. The summed E-state index contributed by atoms with van der Waals surface area (Å²) in [4.78, 5) is 9.01. The molecular formula is C15H26N4O. The van der Waals surface area contributed by atoms with Crippen LogP contribution in [0.3, 0.4) is 0 Å². The topological polar surface area (TPSA) is 59.1 Å². The molecule has 112 valence electrons. The van der Waals surface area contributed by atoms with E-state index in [1.807, 2.05) is 13.8 Å². The highest BCUT2D eigenvalue weighted by Gasteiger charge is 2.30. The summed E-state index contributed by atoms with van der Waals surface area (Å²) in [5.74, 6) is 2.70. The third-order valence-corrected chi connectivity index (χ3v) is 3.64. The second-order valence-electron chi connectivity index (χ2n) is 5.41. The van der Waals surface area contributed by atoms with Crippen molar-refractivity contribution in [1.29, 1.82) is 0 Å². The van der Waals surface area contributed by atoms with Gasteiger partial charge in [0.1, 0.15) is 17.5 Å². The Hall–Kier alpha value is -1.36. The Balaban J connectivity index is 1.99. The van der Waals surface area contributed by atoms with E-state index in [-0.39, 0.29) is 0 Å². The van der Waals surface area contributed by atoms with Gasteiger partial charge in [-0.2, -0.15) is 0 Å². The smallest absolute Gasteiger partial charge is 0.134 e. The minimum atomic E-state index is 0.415. The predicted octanol–water partition coefficient (Wildman–Crippen LogP) is 2.89. The van der Waals surface area contributed by atoms with Crippen LogP contribution in [-0.2, 0) is 4.74 Å². The summed E-state index contributed by atoms with van der Waals surface area (Å²) in [6, 6.07) is 0.471. The molecule has 0 spiro atoms. The lowest BCUT2D eigenvalue weighted by atomic mass is 9.89. The quantitative estimate of drug-likeness (QED) is 0.803. The van der Waals surface area contributed by atoms with E-state index in [2.05, 4.69) is 34.4 Å². The van der Waals surface area contributed by atoms with Crippen LogP contribution in [0.15, 0.2) is 0 Å². The zero-order valence-electron chi connectivity index (χ0n) is 13.0. The number of aryl methyl sites for hydroxylation is 1. The van der Waals surface area contributed by atoms with Crippen LogP contribution in [0, 0.1) is 13.8 Å². The van der Waals surface area contributed by atoms with Crippen molar-refractivity contribution in [3.8, 4) is 0 Å². The number of hydrogen-bond donors (Lipinski definition) is 2. The fraction of sp³-hybridized carbons (Fsp3) is 0.733. The predicted molar refractivity (Wildman–Crippen MR) is 82.3 cm³/mol. The summed E-state index contributed by atoms with van der Waals surface area (Å²) in [5.41, 5.74) is 1.10. The Kier molecular flexibility index (Phi) is 5.17. The van der Waals surface area contributed by atoms with Crippen molar-refractivity contribution in [2.75, 3.05) is 23.8 Å². The summed E-state index contributed by atoms with van der Waals surface area (Å²) in [6.07, 6.45) is 3.63. The van der Waals surface area contributed by atoms with Crippen LogP contribution in [-0.4, -0.2) is 35.3 Å². The minimum Gasteiger partial charge on any atom is -0.378 e. The monoisotopic (exact) mass is 278 g/mol. The van der Waals surface area contributed by atoms with Crippen LogP contribution in [0.1, 0.15) is 44.5 Å². The van der Waals surface area contributed by atoms with Crippen molar-refractivity contribution >= 4 is 11.6 Å². The summed E-state index contributed by atoms with van der Waals surface area (Å²) >= 11 is 0. The molecule has 0 amide bonds. The zero-order valence-corrected chi connectivity index (χ0v) is 13.0. The Morgan fingerprint density at radius 1 is 1.15 bits per heavy atom. The first-order valence-corrected chi connectivity index (χ1v) is 7.61. The molecule has 1 fully saturated rings. The molecule has 0 aromatic carbocycles. The van der Waals surface area contributed by atoms with Crippen molar-refractivity contribution < 1.29 is 4.74 Å². The standard InChI is InChI=1S/C15H26N4O/c1-5-7-16-14-10(3)15(18-11(4)17-14)19-12-8-13(9-12)20-6-2/h12-13H,5-9H2,1-4H3,(H2,16,17,18,19). The summed E-state index contributed by atoms with van der Waals surface area (Å²) in [5, 5.41) is 6.89. The van der Waals surface area contributed by atoms with Gasteiger partial charge < -0.3 is 15.4 Å². The Morgan fingerprint density at radius 3 is 2.50 bits per heavy atom. The van der Waals surface area contributed by atoms with Gasteiger partial charge in [0.2, 0.25) is 0 Å². The molecule has 5 heteroatoms. The molecule has 1 saturated carbocycles. The van der Waals surface area contributed by atoms with E-state index in [0.717, 1.165) is 55.4 Å². The van der Waals surface area contributed by atoms with Crippen LogP contribution >= 0.6 is 0 Å². The van der Waals surface area contributed by atoms with Crippen LogP contribution in [0.2, 0.25) is 0 Å². The molecule has 0 radical (unpaired) electrons. The molecule has 2 N–H and O–H groups in total. The van der Waals surface area contributed by atoms with Gasteiger partial charge in [-0.25, -0.2) is 9.97 Å². The SMILES string of the molecule is CCCNc1nc(C)nc(NC2CC(OCC)C2)c1C. The Bertz CT molecular complexity index is 444. The average molecular weight is 278 g/mol. The highest BCUT2D eigenvalue weighted by atomic mass is 16.5. The molecular weight excluding hydrogens is 252 g/mol. The maximum absolute atomic E-state index is 5.59. The average Bonchev–Trinajstić information content (AvgIpc) is 2.38. The lowest BCUT2D eigenvalue weighted by Gasteiger charge is -2.36. The number of aromatic nitrogens is 2. The van der Waals surface area contributed by atoms with Crippen molar-refractivity contribution in [3.63, 3.8) is 0 Å². The molecule has 2 rings (SSSR count). The lowest BCUT2D eigenvalue weighted by molar-refractivity contribution is 0.00291. The van der Waals surface area contributed by atoms with Crippen LogP contribution in [0.5, 0.6) is 0 Å². The molecule has 1 heterocycles. The molecule has 1 aliphatic carbocycles. The number of nitrogens with one attached hydrogen (secondary N) is 2. The molecule has 5 nitrogen and oxygen atoms in total. The molecule has 0 atom stereocenters. The zero-order chi connectivity index (χ0) is 14.5. The van der Waals surface area contributed by atoms with Gasteiger partial charge in [0.05, 0.1) is 6.10 Å². The van der Waals surface area contributed by atoms with Gasteiger partial charge in [-0.1, -0.05) is 6.92 Å². The van der Waals surface area contributed by atoms with Crippen LogP contribution in [0.4, 0.5) is 11.6 Å². The molecule has 1 aromatic rings. The van der Waals surface area contributed by atoms with Gasteiger partial charge in [-0.15, -0.1) is 0 Å². The van der Waals surface area contributed by atoms with Crippen LogP contribution < -0.4 is 10.6 Å². The van der Waals surface area contributed by atoms with Crippen LogP contribution in [0.25, 0.3) is 0 Å². The highest BCUT2D eigenvalue weighted by molar-refractivity contribution is 5.57. The number of nitrogens with zero attached hydrogens (tertiary/aromatic N) is 2. The first kappa shape index (κ1) is 15.0. The van der Waals surface area contributed by atoms with E-state index in [1.54, 1.807) is 0 Å². The Labute approximate surface area is 121 Å². The maximum Gasteiger partial charge on any atom is 0.134 e. The van der Waals surface area contributed by atoms with Gasteiger partial charge in [0, 0.05) is 24.8 Å². The number of hydrogen-bond acceptors (Lipinski definition) is 5. The highest BCUT2D eigenvalue weighted by Crippen LogP contribution is 2.28.